The van der Waals surface area contributed by atoms with Crippen molar-refractivity contribution in [1.29, 1.82) is 0 Å². The molecular formula is C17H14N2O5S. The number of hydrogen-bond acceptors (Lipinski definition) is 6. The average Bonchev–Trinajstić information content (AvgIpc) is 3.22. The molecule has 25 heavy (non-hydrogen) atoms. The van der Waals surface area contributed by atoms with Crippen LogP contribution in [0.25, 0.3) is 0 Å². The summed E-state index contributed by atoms with van der Waals surface area (Å²) in [6.07, 6.45) is 0. The number of carbonyl (C=O) groups is 4. The van der Waals surface area contributed by atoms with E-state index < -0.39 is 36.7 Å². The molecule has 0 bridgehead atoms. The number of hydrogen-bond donors (Lipinski definition) is 1. The Balaban J connectivity index is 1.50. The van der Waals surface area contributed by atoms with Gasteiger partial charge in [0.15, 0.2) is 6.61 Å². The number of para-hydroxylation sites is 1. The van der Waals surface area contributed by atoms with Crippen LogP contribution in [0.1, 0.15) is 15.2 Å². The van der Waals surface area contributed by atoms with Gasteiger partial charge in [0, 0.05) is 4.88 Å². The van der Waals surface area contributed by atoms with Crippen molar-refractivity contribution in [2.75, 3.05) is 18.1 Å². The Morgan fingerprint density at radius 2 is 1.92 bits per heavy atom. The maximum atomic E-state index is 12.0. The minimum absolute atomic E-state index is 0.258. The molecule has 0 aliphatic carbocycles. The van der Waals surface area contributed by atoms with Crippen LogP contribution in [0.5, 0.6) is 0 Å². The number of nitrogens with zero attached hydrogens (tertiary/aromatic N) is 1. The summed E-state index contributed by atoms with van der Waals surface area (Å²) in [4.78, 5) is 49.4. The van der Waals surface area contributed by atoms with E-state index in [0.29, 0.717) is 12.2 Å². The highest BCUT2D eigenvalue weighted by atomic mass is 32.1. The van der Waals surface area contributed by atoms with Crippen molar-refractivity contribution in [3.63, 3.8) is 0 Å². The van der Waals surface area contributed by atoms with Gasteiger partial charge in [-0.25, -0.2) is 0 Å². The first-order valence-electron chi connectivity index (χ1n) is 7.46. The fourth-order valence-corrected chi connectivity index (χ4v) is 3.02. The molecule has 1 N–H and O–H groups in total. The molecule has 2 amide bonds. The highest BCUT2D eigenvalue weighted by Crippen LogP contribution is 2.28. The summed E-state index contributed by atoms with van der Waals surface area (Å²) in [5.41, 5.74) is 0.630. The third-order valence-electron chi connectivity index (χ3n) is 3.57. The lowest BCUT2D eigenvalue weighted by Gasteiger charge is -2.15. The van der Waals surface area contributed by atoms with E-state index >= 15 is 0 Å². The van der Waals surface area contributed by atoms with Crippen LogP contribution in [-0.4, -0.2) is 36.7 Å². The Labute approximate surface area is 147 Å². The van der Waals surface area contributed by atoms with Crippen LogP contribution in [0.2, 0.25) is 0 Å². The van der Waals surface area contributed by atoms with Crippen molar-refractivity contribution in [2.45, 2.75) is 6.54 Å². The molecular weight excluding hydrogens is 344 g/mol. The second kappa shape index (κ2) is 7.27. The van der Waals surface area contributed by atoms with Gasteiger partial charge >= 0.3 is 5.97 Å². The van der Waals surface area contributed by atoms with Crippen molar-refractivity contribution >= 4 is 40.6 Å². The lowest BCUT2D eigenvalue weighted by atomic mass is 10.1. The van der Waals surface area contributed by atoms with Gasteiger partial charge in [-0.05, 0) is 23.6 Å². The summed E-state index contributed by atoms with van der Waals surface area (Å²) >= 11 is 1.51. The molecule has 8 heteroatoms. The molecule has 2 heterocycles. The van der Waals surface area contributed by atoms with Crippen molar-refractivity contribution in [3.8, 4) is 0 Å². The first-order valence-corrected chi connectivity index (χ1v) is 8.34. The fourth-order valence-electron chi connectivity index (χ4n) is 2.38. The monoisotopic (exact) mass is 358 g/mol. The molecule has 128 valence electrons. The highest BCUT2D eigenvalue weighted by Gasteiger charge is 2.36. The average molecular weight is 358 g/mol. The third-order valence-corrected chi connectivity index (χ3v) is 4.45. The normalized spacial score (nSPS) is 12.9. The zero-order valence-corrected chi connectivity index (χ0v) is 13.9. The van der Waals surface area contributed by atoms with Gasteiger partial charge < -0.3 is 10.1 Å². The maximum Gasteiger partial charge on any atom is 0.326 e. The van der Waals surface area contributed by atoms with E-state index in [4.69, 9.17) is 4.74 Å². The van der Waals surface area contributed by atoms with Crippen LogP contribution < -0.4 is 10.2 Å². The van der Waals surface area contributed by atoms with Crippen LogP contribution >= 0.6 is 11.3 Å². The van der Waals surface area contributed by atoms with Gasteiger partial charge in [-0.2, -0.15) is 0 Å². The van der Waals surface area contributed by atoms with Gasteiger partial charge in [0.05, 0.1) is 17.8 Å². The molecule has 0 atom stereocenters. The predicted molar refractivity (Wildman–Crippen MR) is 90.3 cm³/mol. The number of anilines is 1. The summed E-state index contributed by atoms with van der Waals surface area (Å²) in [5, 5.41) is 4.52. The van der Waals surface area contributed by atoms with E-state index in [1.54, 1.807) is 18.2 Å². The molecule has 7 nitrogen and oxygen atoms in total. The van der Waals surface area contributed by atoms with Crippen LogP contribution in [0, 0.1) is 0 Å². The summed E-state index contributed by atoms with van der Waals surface area (Å²) in [6.45, 7) is -0.498. The first kappa shape index (κ1) is 16.8. The Kier molecular flexibility index (Phi) is 4.90. The Hall–Kier alpha value is -3.00. The van der Waals surface area contributed by atoms with E-state index in [1.165, 1.54) is 17.4 Å². The molecule has 1 aliphatic heterocycles. The number of benzene rings is 1. The lowest BCUT2D eigenvalue weighted by Crippen LogP contribution is -2.37. The van der Waals surface area contributed by atoms with E-state index in [-0.39, 0.29) is 5.56 Å². The molecule has 3 rings (SSSR count). The van der Waals surface area contributed by atoms with E-state index in [1.807, 2.05) is 17.5 Å². The second-order valence-corrected chi connectivity index (χ2v) is 6.29. The minimum atomic E-state index is -0.778. The zero-order valence-electron chi connectivity index (χ0n) is 13.1. The number of esters is 1. The summed E-state index contributed by atoms with van der Waals surface area (Å²) in [6, 6.07) is 10.2. The van der Waals surface area contributed by atoms with Gasteiger partial charge in [0.1, 0.15) is 6.54 Å². The van der Waals surface area contributed by atoms with E-state index in [0.717, 1.165) is 9.78 Å². The van der Waals surface area contributed by atoms with E-state index in [9.17, 15) is 19.2 Å². The van der Waals surface area contributed by atoms with Crippen molar-refractivity contribution in [2.24, 2.45) is 0 Å². The van der Waals surface area contributed by atoms with Crippen molar-refractivity contribution in [3.05, 3.63) is 52.2 Å². The standard InChI is InChI=1S/C17H14N2O5S/c20-14(18-8-11-4-3-7-25-11)10-24-15(21)9-19-13-6-2-1-5-12(13)16(22)17(19)23/h1-7H,8-10H2,(H,18,20). The number of ether oxygens (including phenoxy) is 1. The zero-order chi connectivity index (χ0) is 17.8. The predicted octanol–water partition coefficient (Wildman–Crippen LogP) is 1.14. The van der Waals surface area contributed by atoms with Crippen LogP contribution in [0.15, 0.2) is 41.8 Å². The largest absolute Gasteiger partial charge is 0.454 e. The minimum Gasteiger partial charge on any atom is -0.454 e. The molecule has 0 saturated heterocycles. The van der Waals surface area contributed by atoms with E-state index in [2.05, 4.69) is 5.32 Å². The maximum absolute atomic E-state index is 12.0. The van der Waals surface area contributed by atoms with Gasteiger partial charge in [-0.3, -0.25) is 24.1 Å². The molecule has 1 aromatic carbocycles. The smallest absolute Gasteiger partial charge is 0.326 e. The van der Waals surface area contributed by atoms with Gasteiger partial charge in [-0.15, -0.1) is 11.3 Å². The summed E-state index contributed by atoms with van der Waals surface area (Å²) in [7, 11) is 0. The lowest BCUT2D eigenvalue weighted by molar-refractivity contribution is -0.147. The molecule has 0 fully saturated rings. The quantitative estimate of drug-likeness (QED) is 0.617. The Morgan fingerprint density at radius 3 is 2.68 bits per heavy atom. The molecule has 0 radical (unpaired) electrons. The summed E-state index contributed by atoms with van der Waals surface area (Å²) in [5.74, 6) is -2.63. The number of rotatable bonds is 6. The number of fused-ring (bicyclic) bond motifs is 1. The Morgan fingerprint density at radius 1 is 1.12 bits per heavy atom. The molecule has 0 saturated carbocycles. The van der Waals surface area contributed by atoms with Gasteiger partial charge in [-0.1, -0.05) is 18.2 Å². The molecule has 1 aromatic heterocycles. The topological polar surface area (TPSA) is 92.8 Å². The third kappa shape index (κ3) is 3.74. The first-order chi connectivity index (χ1) is 12.1. The number of Topliss-reactive ketones (excluding diaryl/α,β-unsaturated/α-hetero) is 1. The molecule has 1 aliphatic rings. The van der Waals surface area contributed by atoms with Gasteiger partial charge in [0.2, 0.25) is 0 Å². The summed E-state index contributed by atoms with van der Waals surface area (Å²) < 4.78 is 4.88. The van der Waals surface area contributed by atoms with Crippen molar-refractivity contribution < 1.29 is 23.9 Å². The highest BCUT2D eigenvalue weighted by molar-refractivity contribution is 7.09. The molecule has 0 unspecified atom stereocenters. The van der Waals surface area contributed by atoms with Crippen LogP contribution in [0.4, 0.5) is 5.69 Å². The van der Waals surface area contributed by atoms with Gasteiger partial charge in [0.25, 0.3) is 17.6 Å². The second-order valence-electron chi connectivity index (χ2n) is 5.25. The number of carbonyl (C=O) groups excluding carboxylic acids is 4. The Bertz CT molecular complexity index is 831. The van der Waals surface area contributed by atoms with Crippen LogP contribution in [0.3, 0.4) is 0 Å². The number of ketones is 1. The van der Waals surface area contributed by atoms with Crippen molar-refractivity contribution in [1.82, 2.24) is 5.32 Å². The molecule has 0 spiro atoms. The number of thiophene rings is 1. The SMILES string of the molecule is O=C(COC(=O)CN1C(=O)C(=O)c2ccccc21)NCc1cccs1. The number of nitrogens with one attached hydrogen (secondary N) is 1. The molecule has 2 aromatic rings. The fraction of sp³-hybridized carbons (Fsp3) is 0.176. The van der Waals surface area contributed by atoms with Crippen LogP contribution in [-0.2, 0) is 25.7 Å². The number of amides is 2.